The first kappa shape index (κ1) is 46.4. The van der Waals surface area contributed by atoms with Crippen LogP contribution in [0.25, 0.3) is 10.5 Å². The highest BCUT2D eigenvalue weighted by atomic mass is 35.5. The summed E-state index contributed by atoms with van der Waals surface area (Å²) in [6.45, 7) is 0.122. The topological polar surface area (TPSA) is 278 Å². The van der Waals surface area contributed by atoms with Gasteiger partial charge in [-0.3, -0.25) is 42.1 Å². The number of thioether (sulfide) groups is 2. The van der Waals surface area contributed by atoms with Crippen LogP contribution in [0.3, 0.4) is 0 Å². The van der Waals surface area contributed by atoms with Gasteiger partial charge in [-0.15, -0.1) is 11.3 Å². The minimum atomic E-state index is -4.73. The molecule has 3 N–H and O–H groups in total. The van der Waals surface area contributed by atoms with Crippen LogP contribution in [0, 0.1) is 10.1 Å². The number of halogens is 1. The third-order valence-corrected chi connectivity index (χ3v) is 17.8. The maximum absolute atomic E-state index is 14.6. The third kappa shape index (κ3) is 9.72. The Hall–Kier alpha value is -3.61. The number of allylic oxidation sites excluding steroid dienone is 1. The van der Waals surface area contributed by atoms with E-state index in [0.717, 1.165) is 25.4 Å². The van der Waals surface area contributed by atoms with Crippen molar-refractivity contribution in [2.75, 3.05) is 34.5 Å². The molecule has 4 aromatic rings. The lowest BCUT2D eigenvalue weighted by Gasteiger charge is -2.22. The summed E-state index contributed by atoms with van der Waals surface area (Å²) in [6, 6.07) is 9.85. The van der Waals surface area contributed by atoms with Gasteiger partial charge in [-0.05, 0) is 66.6 Å². The van der Waals surface area contributed by atoms with Crippen LogP contribution in [0.2, 0.25) is 5.02 Å². The average Bonchev–Trinajstić information content (AvgIpc) is 3.94. The lowest BCUT2D eigenvalue weighted by Crippen LogP contribution is -2.35. The molecule has 3 aliphatic rings. The monoisotopic (exact) mass is 1030 g/mol. The number of nitrogens with zero attached hydrogens (tertiary/aromatic N) is 4. The zero-order chi connectivity index (χ0) is 45.3. The molecular formula is C34H31ClN4O15S8. The van der Waals surface area contributed by atoms with E-state index in [1.165, 1.54) is 30.0 Å². The van der Waals surface area contributed by atoms with Crippen LogP contribution in [0.1, 0.15) is 24.9 Å². The number of rotatable bonds is 11. The summed E-state index contributed by atoms with van der Waals surface area (Å²) in [5, 5.41) is 0.838. The van der Waals surface area contributed by atoms with E-state index in [1.807, 2.05) is 0 Å². The Labute approximate surface area is 374 Å². The summed E-state index contributed by atoms with van der Waals surface area (Å²) in [6.07, 6.45) is 1.58. The fraction of sp³-hybridized carbons (Fsp3) is 0.294. The quantitative estimate of drug-likeness (QED) is 0.143. The van der Waals surface area contributed by atoms with E-state index in [9.17, 15) is 61.7 Å². The Bertz CT molecular complexity index is 3450. The summed E-state index contributed by atoms with van der Waals surface area (Å²) in [5.41, 5.74) is -1.86. The van der Waals surface area contributed by atoms with Gasteiger partial charge in [0.05, 0.1) is 55.7 Å². The number of benzene rings is 2. The number of hydrogen-bond acceptors (Lipinski definition) is 17. The maximum atomic E-state index is 14.6. The summed E-state index contributed by atoms with van der Waals surface area (Å²) >= 11 is 14.2. The van der Waals surface area contributed by atoms with Gasteiger partial charge in [-0.1, -0.05) is 53.8 Å². The summed E-state index contributed by atoms with van der Waals surface area (Å²) in [7, 11) is -17.6. The van der Waals surface area contributed by atoms with Gasteiger partial charge in [-0.2, -0.15) is 25.3 Å². The van der Waals surface area contributed by atoms with Gasteiger partial charge in [-0.25, -0.2) is 8.42 Å². The molecular weight excluding hydrogens is 996 g/mol. The van der Waals surface area contributed by atoms with Crippen LogP contribution in [0.5, 0.6) is 0 Å². The number of oxazole rings is 1. The number of hydrogen-bond donors (Lipinski definition) is 3. The van der Waals surface area contributed by atoms with E-state index in [4.69, 9.17) is 28.2 Å². The second-order valence-corrected chi connectivity index (χ2v) is 24.8. The molecule has 19 nitrogen and oxygen atoms in total. The Balaban J connectivity index is 1.49. The van der Waals surface area contributed by atoms with Gasteiger partial charge in [0, 0.05) is 23.0 Å². The zero-order valence-corrected chi connectivity index (χ0v) is 38.8. The molecule has 1 amide bonds. The molecule has 332 valence electrons. The fourth-order valence-electron chi connectivity index (χ4n) is 6.81. The largest absolute Gasteiger partial charge is 0.430 e. The van der Waals surface area contributed by atoms with Crippen molar-refractivity contribution >= 4 is 125 Å². The summed E-state index contributed by atoms with van der Waals surface area (Å²) < 4.78 is 133. The number of carbonyl (C=O) groups is 1. The van der Waals surface area contributed by atoms with Gasteiger partial charge < -0.3 is 9.32 Å². The fourth-order valence-corrected chi connectivity index (χ4v) is 13.8. The smallest absolute Gasteiger partial charge is 0.299 e. The number of carbonyl (C=O) groups excluding carboxylic acids is 1. The molecule has 0 radical (unpaired) electrons. The number of thiazole rings is 1. The first-order chi connectivity index (χ1) is 28.8. The molecule has 7 rings (SSSR count). The molecule has 1 atom stereocenters. The van der Waals surface area contributed by atoms with Crippen molar-refractivity contribution in [3.8, 4) is 0 Å². The van der Waals surface area contributed by atoms with Gasteiger partial charge >= 0.3 is 0 Å². The number of thiocarbonyl (C=S) groups is 1. The van der Waals surface area contributed by atoms with E-state index in [0.29, 0.717) is 38.0 Å². The molecule has 5 heterocycles. The first-order valence-electron chi connectivity index (χ1n) is 17.7. The van der Waals surface area contributed by atoms with Crippen molar-refractivity contribution in [2.45, 2.75) is 42.3 Å². The molecule has 2 aromatic carbocycles. The number of anilines is 1. The van der Waals surface area contributed by atoms with E-state index in [2.05, 4.69) is 0 Å². The molecule has 2 fully saturated rings. The van der Waals surface area contributed by atoms with Crippen molar-refractivity contribution in [3.05, 3.63) is 105 Å². The molecule has 3 aliphatic heterocycles. The van der Waals surface area contributed by atoms with Gasteiger partial charge in [0.2, 0.25) is 11.0 Å². The number of amides is 1. The normalized spacial score (nSPS) is 20.7. The number of sulfone groups is 1. The van der Waals surface area contributed by atoms with Crippen LogP contribution >= 0.6 is 58.7 Å². The molecule has 0 saturated carbocycles. The molecule has 28 heteroatoms. The average molecular weight is 1030 g/mol. The van der Waals surface area contributed by atoms with Crippen molar-refractivity contribution in [3.63, 3.8) is 0 Å². The van der Waals surface area contributed by atoms with Crippen molar-refractivity contribution < 1.29 is 56.5 Å². The Morgan fingerprint density at radius 2 is 1.63 bits per heavy atom. The first-order valence-corrected chi connectivity index (χ1v) is 27.4. The minimum absolute atomic E-state index is 0.00282. The standard InChI is InChI=1S/C34H31ClN4O15S8/c1-18(14-25-38(22-15-20(35)6-7-23(22)56-25)16-19-4-2-3-5-24(19)62(51,52)53)27-31(42)39(21-8-11-59(43,44)17-21)33(57-27)26-29(40)36(9-12-60(45,46)47)32(54-26)28-30(41)37(34(55)58-28)10-13-61(48,49)50/h2-7,14-15,21H,8-13,16-17H2,1H3,(H,45,46,47)(H,48,49,50)(H,51,52,53)/b25-14?,27-18+,32-28+,33-26+. The molecule has 1 unspecified atom stereocenters. The highest BCUT2D eigenvalue weighted by Gasteiger charge is 2.37. The van der Waals surface area contributed by atoms with E-state index < -0.39 is 105 Å². The molecule has 0 spiro atoms. The van der Waals surface area contributed by atoms with Crippen LogP contribution in [-0.2, 0) is 58.1 Å². The lowest BCUT2D eigenvalue weighted by atomic mass is 10.2. The summed E-state index contributed by atoms with van der Waals surface area (Å²) in [4.78, 5) is 45.0. The zero-order valence-electron chi connectivity index (χ0n) is 31.5. The highest BCUT2D eigenvalue weighted by Crippen LogP contribution is 2.48. The van der Waals surface area contributed by atoms with Gasteiger partial charge in [0.15, 0.2) is 9.84 Å². The van der Waals surface area contributed by atoms with E-state index in [-0.39, 0.29) is 47.6 Å². The number of aromatic nitrogens is 2. The molecule has 0 aliphatic carbocycles. The van der Waals surface area contributed by atoms with Gasteiger partial charge in [0.1, 0.15) is 13.9 Å². The summed E-state index contributed by atoms with van der Waals surface area (Å²) in [5.74, 6) is -3.69. The van der Waals surface area contributed by atoms with Crippen LogP contribution in [-0.4, -0.2) is 101 Å². The predicted molar refractivity (Wildman–Crippen MR) is 236 cm³/mol. The lowest BCUT2D eigenvalue weighted by molar-refractivity contribution is -0.120. The SMILES string of the molecule is C/C(C=C1Sc2ccc(Cl)cc2N1Cc1ccccc1S(=O)(=O)O)=c1\s/c(=c2/o/c(=C3/SC(=S)N(CCS(=O)(=O)O)C3=O)n(CCS(=O)(=O)O)c2=O)n(C2CCS(=O)(=O)C2)c1=O. The maximum Gasteiger partial charge on any atom is 0.299 e. The van der Waals surface area contributed by atoms with Crippen LogP contribution < -0.4 is 26.1 Å². The molecule has 62 heavy (non-hydrogen) atoms. The second kappa shape index (κ2) is 17.1. The van der Waals surface area contributed by atoms with Gasteiger partial charge in [0.25, 0.3) is 47.4 Å². The van der Waals surface area contributed by atoms with Crippen molar-refractivity contribution in [2.24, 2.45) is 0 Å². The molecule has 0 bridgehead atoms. The third-order valence-electron chi connectivity index (χ3n) is 9.64. The van der Waals surface area contributed by atoms with Crippen LogP contribution in [0.15, 0.2) is 77.4 Å². The van der Waals surface area contributed by atoms with Crippen molar-refractivity contribution in [1.82, 2.24) is 14.0 Å². The number of fused-ring (bicyclic) bond motifs is 1. The highest BCUT2D eigenvalue weighted by molar-refractivity contribution is 8.30. The predicted octanol–water partition coefficient (Wildman–Crippen LogP) is 1.78. The van der Waals surface area contributed by atoms with E-state index >= 15 is 0 Å². The van der Waals surface area contributed by atoms with Crippen LogP contribution in [0.4, 0.5) is 5.69 Å². The van der Waals surface area contributed by atoms with E-state index in [1.54, 1.807) is 42.2 Å². The Morgan fingerprint density at radius 1 is 0.952 bits per heavy atom. The molecule has 2 aromatic heterocycles. The Kier molecular flexibility index (Phi) is 12.8. The minimum Gasteiger partial charge on any atom is -0.430 e. The Morgan fingerprint density at radius 3 is 2.27 bits per heavy atom. The van der Waals surface area contributed by atoms with Crippen molar-refractivity contribution in [1.29, 1.82) is 0 Å². The molecule has 2 saturated heterocycles. The second-order valence-electron chi connectivity index (χ2n) is 13.9.